The van der Waals surface area contributed by atoms with Gasteiger partial charge in [-0.2, -0.15) is 0 Å². The number of para-hydroxylation sites is 1. The molecule has 1 aromatic carbocycles. The Labute approximate surface area is 123 Å². The number of hydrogen-bond acceptors (Lipinski definition) is 2. The Morgan fingerprint density at radius 3 is 2.50 bits per heavy atom. The average Bonchev–Trinajstić information content (AvgIpc) is 2.46. The molecule has 112 valence electrons. The number of benzene rings is 1. The summed E-state index contributed by atoms with van der Waals surface area (Å²) in [7, 11) is 0. The van der Waals surface area contributed by atoms with Gasteiger partial charge in [0.05, 0.1) is 6.10 Å². The molecular weight excluding hydrogens is 246 g/mol. The van der Waals surface area contributed by atoms with Gasteiger partial charge in [0.15, 0.2) is 0 Å². The molecule has 0 bridgehead atoms. The van der Waals surface area contributed by atoms with Crippen molar-refractivity contribution in [3.63, 3.8) is 0 Å². The SMILES string of the molecule is CCC1CCC(NCc2ccccc2OC(C)C)CC1. The lowest BCUT2D eigenvalue weighted by atomic mass is 9.84. The van der Waals surface area contributed by atoms with Gasteiger partial charge < -0.3 is 10.1 Å². The van der Waals surface area contributed by atoms with Gasteiger partial charge in [-0.15, -0.1) is 0 Å². The van der Waals surface area contributed by atoms with E-state index < -0.39 is 0 Å². The van der Waals surface area contributed by atoms with Crippen LogP contribution in [-0.4, -0.2) is 12.1 Å². The minimum Gasteiger partial charge on any atom is -0.491 e. The van der Waals surface area contributed by atoms with Crippen LogP contribution in [0, 0.1) is 5.92 Å². The molecule has 1 aliphatic carbocycles. The Morgan fingerprint density at radius 2 is 1.85 bits per heavy atom. The van der Waals surface area contributed by atoms with Crippen LogP contribution in [0.25, 0.3) is 0 Å². The summed E-state index contributed by atoms with van der Waals surface area (Å²) in [6.07, 6.45) is 7.00. The van der Waals surface area contributed by atoms with E-state index in [0.29, 0.717) is 6.04 Å². The second kappa shape index (κ2) is 7.68. The van der Waals surface area contributed by atoms with Gasteiger partial charge in [-0.3, -0.25) is 0 Å². The van der Waals surface area contributed by atoms with Crippen molar-refractivity contribution in [2.24, 2.45) is 5.92 Å². The van der Waals surface area contributed by atoms with Crippen molar-refractivity contribution in [1.82, 2.24) is 5.32 Å². The minimum atomic E-state index is 0.233. The Balaban J connectivity index is 1.85. The molecule has 2 rings (SSSR count). The summed E-state index contributed by atoms with van der Waals surface area (Å²) in [6.45, 7) is 7.40. The first kappa shape index (κ1) is 15.4. The van der Waals surface area contributed by atoms with Gasteiger partial charge in [-0.05, 0) is 51.5 Å². The minimum absolute atomic E-state index is 0.233. The summed E-state index contributed by atoms with van der Waals surface area (Å²) in [4.78, 5) is 0. The van der Waals surface area contributed by atoms with E-state index in [9.17, 15) is 0 Å². The number of ether oxygens (including phenoxy) is 1. The van der Waals surface area contributed by atoms with Crippen molar-refractivity contribution in [3.05, 3.63) is 29.8 Å². The monoisotopic (exact) mass is 275 g/mol. The Bertz CT molecular complexity index is 394. The highest BCUT2D eigenvalue weighted by Crippen LogP contribution is 2.27. The zero-order chi connectivity index (χ0) is 14.4. The van der Waals surface area contributed by atoms with E-state index in [0.717, 1.165) is 18.2 Å². The predicted octanol–water partition coefficient (Wildman–Crippen LogP) is 4.53. The lowest BCUT2D eigenvalue weighted by Gasteiger charge is -2.28. The fourth-order valence-corrected chi connectivity index (χ4v) is 3.05. The van der Waals surface area contributed by atoms with Crippen LogP contribution in [-0.2, 0) is 6.54 Å². The summed E-state index contributed by atoms with van der Waals surface area (Å²) in [6, 6.07) is 9.07. The van der Waals surface area contributed by atoms with Gasteiger partial charge in [0.2, 0.25) is 0 Å². The lowest BCUT2D eigenvalue weighted by molar-refractivity contribution is 0.237. The summed E-state index contributed by atoms with van der Waals surface area (Å²) in [5, 5.41) is 3.72. The summed E-state index contributed by atoms with van der Waals surface area (Å²) >= 11 is 0. The van der Waals surface area contributed by atoms with Crippen molar-refractivity contribution in [3.8, 4) is 5.75 Å². The zero-order valence-corrected chi connectivity index (χ0v) is 13.2. The van der Waals surface area contributed by atoms with E-state index in [2.05, 4.69) is 44.3 Å². The summed E-state index contributed by atoms with van der Waals surface area (Å²) in [5.74, 6) is 1.99. The van der Waals surface area contributed by atoms with E-state index in [-0.39, 0.29) is 6.10 Å². The molecule has 1 aromatic rings. The molecule has 0 radical (unpaired) electrons. The predicted molar refractivity (Wildman–Crippen MR) is 85.1 cm³/mol. The van der Waals surface area contributed by atoms with E-state index in [1.54, 1.807) is 0 Å². The van der Waals surface area contributed by atoms with Crippen LogP contribution in [0.1, 0.15) is 58.4 Å². The third-order valence-electron chi connectivity index (χ3n) is 4.34. The van der Waals surface area contributed by atoms with Gasteiger partial charge in [-0.1, -0.05) is 31.5 Å². The Kier molecular flexibility index (Phi) is 5.90. The maximum Gasteiger partial charge on any atom is 0.124 e. The molecule has 0 spiro atoms. The molecule has 0 amide bonds. The van der Waals surface area contributed by atoms with E-state index in [4.69, 9.17) is 4.74 Å². The molecule has 1 aliphatic rings. The van der Waals surface area contributed by atoms with Crippen LogP contribution in [0.15, 0.2) is 24.3 Å². The maximum absolute atomic E-state index is 5.88. The molecular formula is C18H29NO. The van der Waals surface area contributed by atoms with Crippen LogP contribution >= 0.6 is 0 Å². The smallest absolute Gasteiger partial charge is 0.124 e. The Hall–Kier alpha value is -1.02. The van der Waals surface area contributed by atoms with Crippen LogP contribution in [0.4, 0.5) is 0 Å². The van der Waals surface area contributed by atoms with Crippen LogP contribution in [0.2, 0.25) is 0 Å². The lowest BCUT2D eigenvalue weighted by Crippen LogP contribution is -2.32. The first-order valence-electron chi connectivity index (χ1n) is 8.17. The maximum atomic E-state index is 5.88. The molecule has 2 nitrogen and oxygen atoms in total. The van der Waals surface area contributed by atoms with Gasteiger partial charge in [0.1, 0.15) is 5.75 Å². The van der Waals surface area contributed by atoms with Crippen molar-refractivity contribution in [2.75, 3.05) is 0 Å². The van der Waals surface area contributed by atoms with Gasteiger partial charge in [-0.25, -0.2) is 0 Å². The van der Waals surface area contributed by atoms with Gasteiger partial charge >= 0.3 is 0 Å². The third-order valence-corrected chi connectivity index (χ3v) is 4.34. The van der Waals surface area contributed by atoms with Crippen LogP contribution in [0.5, 0.6) is 5.75 Å². The molecule has 2 heteroatoms. The molecule has 0 aromatic heterocycles. The van der Waals surface area contributed by atoms with Gasteiger partial charge in [0, 0.05) is 18.2 Å². The molecule has 1 fully saturated rings. The highest BCUT2D eigenvalue weighted by molar-refractivity contribution is 5.33. The van der Waals surface area contributed by atoms with Crippen LogP contribution in [0.3, 0.4) is 0 Å². The second-order valence-corrected chi connectivity index (χ2v) is 6.28. The topological polar surface area (TPSA) is 21.3 Å². The number of hydrogen-bond donors (Lipinski definition) is 1. The number of nitrogens with one attached hydrogen (secondary N) is 1. The van der Waals surface area contributed by atoms with Crippen molar-refractivity contribution in [2.45, 2.75) is 71.6 Å². The first-order chi connectivity index (χ1) is 9.69. The molecule has 0 saturated heterocycles. The van der Waals surface area contributed by atoms with Gasteiger partial charge in [0.25, 0.3) is 0 Å². The molecule has 0 aliphatic heterocycles. The van der Waals surface area contributed by atoms with E-state index in [1.807, 2.05) is 6.07 Å². The molecule has 1 N–H and O–H groups in total. The quantitative estimate of drug-likeness (QED) is 0.823. The van der Waals surface area contributed by atoms with E-state index in [1.165, 1.54) is 37.7 Å². The normalized spacial score (nSPS) is 23.0. The van der Waals surface area contributed by atoms with Crippen molar-refractivity contribution < 1.29 is 4.74 Å². The Morgan fingerprint density at radius 1 is 1.15 bits per heavy atom. The highest BCUT2D eigenvalue weighted by Gasteiger charge is 2.19. The highest BCUT2D eigenvalue weighted by atomic mass is 16.5. The second-order valence-electron chi connectivity index (χ2n) is 6.28. The molecule has 0 atom stereocenters. The zero-order valence-electron chi connectivity index (χ0n) is 13.2. The van der Waals surface area contributed by atoms with E-state index >= 15 is 0 Å². The summed E-state index contributed by atoms with van der Waals surface area (Å²) < 4.78 is 5.88. The fourth-order valence-electron chi connectivity index (χ4n) is 3.05. The molecule has 0 unspecified atom stereocenters. The third kappa shape index (κ3) is 4.52. The largest absolute Gasteiger partial charge is 0.491 e. The van der Waals surface area contributed by atoms with Crippen molar-refractivity contribution in [1.29, 1.82) is 0 Å². The standard InChI is InChI=1S/C18H29NO/c1-4-15-9-11-17(12-10-15)19-13-16-7-5-6-8-18(16)20-14(2)3/h5-8,14-15,17,19H,4,9-13H2,1-3H3. The molecule has 1 saturated carbocycles. The summed E-state index contributed by atoms with van der Waals surface area (Å²) in [5.41, 5.74) is 1.28. The molecule has 0 heterocycles. The first-order valence-corrected chi connectivity index (χ1v) is 8.17. The average molecular weight is 275 g/mol. The van der Waals surface area contributed by atoms with Crippen molar-refractivity contribution >= 4 is 0 Å². The number of rotatable bonds is 6. The molecule has 20 heavy (non-hydrogen) atoms. The van der Waals surface area contributed by atoms with Crippen LogP contribution < -0.4 is 10.1 Å². The fraction of sp³-hybridized carbons (Fsp3) is 0.667.